The standard InChI is InChI=1S/C24H22N2OS/c1-16-12-17(2)14-19(13-16)25-22(27)15-28-24-20-10-6-7-11-21(20)26-23(24)18-8-4-3-5-9-18/h3-14,26H,15H2,1-2H3,(H,25,27). The van der Waals surface area contributed by atoms with Crippen LogP contribution in [-0.2, 0) is 4.79 Å². The molecule has 1 amide bonds. The summed E-state index contributed by atoms with van der Waals surface area (Å²) in [6, 6.07) is 24.6. The van der Waals surface area contributed by atoms with Crippen LogP contribution in [0.4, 0.5) is 5.69 Å². The lowest BCUT2D eigenvalue weighted by molar-refractivity contribution is -0.113. The van der Waals surface area contributed by atoms with Crippen LogP contribution in [-0.4, -0.2) is 16.6 Å². The van der Waals surface area contributed by atoms with Crippen molar-refractivity contribution >= 4 is 34.3 Å². The Hall–Kier alpha value is -2.98. The third-order valence-corrected chi connectivity index (χ3v) is 5.69. The van der Waals surface area contributed by atoms with Crippen LogP contribution >= 0.6 is 11.8 Å². The Bertz CT molecular complexity index is 1110. The summed E-state index contributed by atoms with van der Waals surface area (Å²) in [7, 11) is 0. The molecular formula is C24H22N2OS. The van der Waals surface area contributed by atoms with Crippen molar-refractivity contribution in [2.75, 3.05) is 11.1 Å². The van der Waals surface area contributed by atoms with E-state index in [2.05, 4.69) is 40.6 Å². The number of amides is 1. The summed E-state index contributed by atoms with van der Waals surface area (Å²) in [4.78, 5) is 17.2. The van der Waals surface area contributed by atoms with Gasteiger partial charge in [-0.25, -0.2) is 0 Å². The Balaban J connectivity index is 1.58. The predicted octanol–water partition coefficient (Wildman–Crippen LogP) is 6.18. The first-order valence-corrected chi connectivity index (χ1v) is 10.3. The van der Waals surface area contributed by atoms with Crippen molar-refractivity contribution < 1.29 is 4.79 Å². The Kier molecular flexibility index (Phi) is 5.22. The van der Waals surface area contributed by atoms with Gasteiger partial charge < -0.3 is 10.3 Å². The molecule has 4 aromatic rings. The monoisotopic (exact) mass is 386 g/mol. The number of fused-ring (bicyclic) bond motifs is 1. The van der Waals surface area contributed by atoms with Gasteiger partial charge in [0.1, 0.15) is 0 Å². The van der Waals surface area contributed by atoms with Crippen LogP contribution in [0.25, 0.3) is 22.2 Å². The number of rotatable bonds is 5. The van der Waals surface area contributed by atoms with E-state index in [4.69, 9.17) is 0 Å². The van der Waals surface area contributed by atoms with E-state index in [0.717, 1.165) is 43.9 Å². The normalized spacial score (nSPS) is 10.9. The first kappa shape index (κ1) is 18.4. The second-order valence-electron chi connectivity index (χ2n) is 6.95. The highest BCUT2D eigenvalue weighted by molar-refractivity contribution is 8.00. The fraction of sp³-hybridized carbons (Fsp3) is 0.125. The molecule has 0 aliphatic rings. The van der Waals surface area contributed by atoms with Crippen LogP contribution in [0.1, 0.15) is 11.1 Å². The van der Waals surface area contributed by atoms with Gasteiger partial charge in [0.2, 0.25) is 5.91 Å². The number of aromatic nitrogens is 1. The molecule has 0 spiro atoms. The van der Waals surface area contributed by atoms with Gasteiger partial charge in [0, 0.05) is 21.5 Å². The first-order valence-electron chi connectivity index (χ1n) is 9.27. The molecule has 0 atom stereocenters. The number of H-pyrrole nitrogens is 1. The maximum Gasteiger partial charge on any atom is 0.234 e. The van der Waals surface area contributed by atoms with E-state index in [1.54, 1.807) is 11.8 Å². The lowest BCUT2D eigenvalue weighted by atomic mass is 10.1. The van der Waals surface area contributed by atoms with E-state index < -0.39 is 0 Å². The molecular weight excluding hydrogens is 364 g/mol. The highest BCUT2D eigenvalue weighted by Crippen LogP contribution is 2.37. The zero-order valence-corrected chi connectivity index (χ0v) is 16.8. The van der Waals surface area contributed by atoms with Gasteiger partial charge in [-0.15, -0.1) is 11.8 Å². The smallest absolute Gasteiger partial charge is 0.234 e. The number of hydrogen-bond donors (Lipinski definition) is 2. The van der Waals surface area contributed by atoms with Crippen LogP contribution < -0.4 is 5.32 Å². The van der Waals surface area contributed by atoms with Crippen molar-refractivity contribution in [1.29, 1.82) is 0 Å². The van der Waals surface area contributed by atoms with E-state index in [-0.39, 0.29) is 5.91 Å². The summed E-state index contributed by atoms with van der Waals surface area (Å²) in [5.41, 5.74) is 6.41. The van der Waals surface area contributed by atoms with Gasteiger partial charge in [0.15, 0.2) is 0 Å². The van der Waals surface area contributed by atoms with E-state index in [1.807, 2.05) is 56.3 Å². The molecule has 2 N–H and O–H groups in total. The Morgan fingerprint density at radius 3 is 2.36 bits per heavy atom. The molecule has 1 aromatic heterocycles. The molecule has 0 unspecified atom stereocenters. The maximum absolute atomic E-state index is 12.6. The molecule has 0 aliphatic heterocycles. The molecule has 0 radical (unpaired) electrons. The Morgan fingerprint density at radius 1 is 0.929 bits per heavy atom. The molecule has 140 valence electrons. The maximum atomic E-state index is 12.6. The highest BCUT2D eigenvalue weighted by atomic mass is 32.2. The number of aryl methyl sites for hydroxylation is 2. The average Bonchev–Trinajstić information content (AvgIpc) is 3.05. The Labute approximate surface area is 169 Å². The van der Waals surface area contributed by atoms with Crippen LogP contribution in [0.15, 0.2) is 77.7 Å². The second-order valence-corrected chi connectivity index (χ2v) is 7.94. The molecule has 1 heterocycles. The molecule has 0 aliphatic carbocycles. The SMILES string of the molecule is Cc1cc(C)cc(NC(=O)CSc2c(-c3ccccc3)[nH]c3ccccc23)c1. The lowest BCUT2D eigenvalue weighted by Crippen LogP contribution is -2.14. The average molecular weight is 387 g/mol. The zero-order chi connectivity index (χ0) is 19.5. The quantitative estimate of drug-likeness (QED) is 0.402. The minimum atomic E-state index is -0.000655. The van der Waals surface area contributed by atoms with Crippen molar-refractivity contribution in [2.24, 2.45) is 0 Å². The van der Waals surface area contributed by atoms with Crippen LogP contribution in [0.3, 0.4) is 0 Å². The molecule has 0 saturated carbocycles. The summed E-state index contributed by atoms with van der Waals surface area (Å²) in [6.45, 7) is 4.07. The van der Waals surface area contributed by atoms with Gasteiger partial charge in [0.05, 0.1) is 11.4 Å². The zero-order valence-electron chi connectivity index (χ0n) is 16.0. The van der Waals surface area contributed by atoms with Gasteiger partial charge in [-0.1, -0.05) is 54.6 Å². The fourth-order valence-electron chi connectivity index (χ4n) is 3.46. The molecule has 28 heavy (non-hydrogen) atoms. The summed E-state index contributed by atoms with van der Waals surface area (Å²) in [5, 5.41) is 4.17. The lowest BCUT2D eigenvalue weighted by Gasteiger charge is -2.08. The number of nitrogens with one attached hydrogen (secondary N) is 2. The number of hydrogen-bond acceptors (Lipinski definition) is 2. The number of benzene rings is 3. The number of para-hydroxylation sites is 1. The highest BCUT2D eigenvalue weighted by Gasteiger charge is 2.15. The van der Waals surface area contributed by atoms with Crippen molar-refractivity contribution in [1.82, 2.24) is 4.98 Å². The minimum Gasteiger partial charge on any atom is -0.354 e. The Morgan fingerprint density at radius 2 is 1.61 bits per heavy atom. The third-order valence-electron chi connectivity index (χ3n) is 4.57. The summed E-state index contributed by atoms with van der Waals surface area (Å²) in [6.07, 6.45) is 0. The predicted molar refractivity (Wildman–Crippen MR) is 119 cm³/mol. The summed E-state index contributed by atoms with van der Waals surface area (Å²) >= 11 is 1.57. The largest absolute Gasteiger partial charge is 0.354 e. The van der Waals surface area contributed by atoms with Crippen molar-refractivity contribution in [3.05, 3.63) is 83.9 Å². The van der Waals surface area contributed by atoms with E-state index in [9.17, 15) is 4.79 Å². The summed E-state index contributed by atoms with van der Waals surface area (Å²) < 4.78 is 0. The van der Waals surface area contributed by atoms with E-state index in [0.29, 0.717) is 5.75 Å². The number of aromatic amines is 1. The van der Waals surface area contributed by atoms with Gasteiger partial charge in [0.25, 0.3) is 0 Å². The van der Waals surface area contributed by atoms with E-state index >= 15 is 0 Å². The molecule has 0 fully saturated rings. The number of anilines is 1. The number of thioether (sulfide) groups is 1. The topological polar surface area (TPSA) is 44.9 Å². The van der Waals surface area contributed by atoms with Gasteiger partial charge in [-0.2, -0.15) is 0 Å². The molecule has 3 nitrogen and oxygen atoms in total. The van der Waals surface area contributed by atoms with Crippen LogP contribution in [0.2, 0.25) is 0 Å². The van der Waals surface area contributed by atoms with Crippen molar-refractivity contribution in [3.63, 3.8) is 0 Å². The minimum absolute atomic E-state index is 0.000655. The molecule has 4 heteroatoms. The van der Waals surface area contributed by atoms with Crippen molar-refractivity contribution in [2.45, 2.75) is 18.7 Å². The fourth-order valence-corrected chi connectivity index (χ4v) is 4.45. The van der Waals surface area contributed by atoms with Crippen LogP contribution in [0.5, 0.6) is 0 Å². The second kappa shape index (κ2) is 7.95. The molecule has 4 rings (SSSR count). The first-order chi connectivity index (χ1) is 13.6. The van der Waals surface area contributed by atoms with E-state index in [1.165, 1.54) is 0 Å². The molecule has 0 saturated heterocycles. The number of carbonyl (C=O) groups is 1. The van der Waals surface area contributed by atoms with Gasteiger partial charge in [-0.3, -0.25) is 4.79 Å². The number of carbonyl (C=O) groups excluding carboxylic acids is 1. The molecule has 0 bridgehead atoms. The van der Waals surface area contributed by atoms with Crippen LogP contribution in [0, 0.1) is 13.8 Å². The summed E-state index contributed by atoms with van der Waals surface area (Å²) in [5.74, 6) is 0.355. The van der Waals surface area contributed by atoms with Gasteiger partial charge in [-0.05, 0) is 48.7 Å². The van der Waals surface area contributed by atoms with Crippen molar-refractivity contribution in [3.8, 4) is 11.3 Å². The third kappa shape index (κ3) is 3.97. The molecule has 3 aromatic carbocycles. The van der Waals surface area contributed by atoms with Gasteiger partial charge >= 0.3 is 0 Å².